The number of anilines is 1. The summed E-state index contributed by atoms with van der Waals surface area (Å²) in [4.78, 5) is 3.61. The van der Waals surface area contributed by atoms with Crippen molar-refractivity contribution in [2.45, 2.75) is 6.43 Å². The maximum atomic E-state index is 12.1. The molecule has 0 atom stereocenters. The number of nitrogens with zero attached hydrogens (tertiary/aromatic N) is 1. The Morgan fingerprint density at radius 1 is 1.58 bits per heavy atom. The molecule has 0 fully saturated rings. The van der Waals surface area contributed by atoms with Crippen LogP contribution in [0.15, 0.2) is 10.7 Å². The standard InChI is InChI=1S/C6H4BrF2IN2/c7-5-4(10)2(11)1-3(12-5)6(8)9/h1,6H,(H2,11,12). The van der Waals surface area contributed by atoms with Crippen molar-refractivity contribution in [2.75, 3.05) is 5.73 Å². The second kappa shape index (κ2) is 3.82. The minimum Gasteiger partial charge on any atom is -0.398 e. The van der Waals surface area contributed by atoms with Gasteiger partial charge in [-0.05, 0) is 44.6 Å². The summed E-state index contributed by atoms with van der Waals surface area (Å²) in [5.41, 5.74) is 5.46. The molecule has 1 aromatic rings. The van der Waals surface area contributed by atoms with E-state index in [0.717, 1.165) is 0 Å². The Hall–Kier alpha value is 0.0200. The molecule has 12 heavy (non-hydrogen) atoms. The number of halogens is 4. The first-order chi connectivity index (χ1) is 5.52. The van der Waals surface area contributed by atoms with E-state index < -0.39 is 6.43 Å². The summed E-state index contributed by atoms with van der Waals surface area (Å²) in [6.45, 7) is 0. The van der Waals surface area contributed by atoms with Gasteiger partial charge in [0.1, 0.15) is 10.3 Å². The molecule has 0 aliphatic heterocycles. The number of hydrogen-bond acceptors (Lipinski definition) is 2. The molecule has 0 saturated heterocycles. The summed E-state index contributed by atoms with van der Waals surface area (Å²) in [7, 11) is 0. The van der Waals surface area contributed by atoms with Gasteiger partial charge in [-0.2, -0.15) is 0 Å². The average Bonchev–Trinajstić information content (AvgIpc) is 1.99. The molecule has 1 aromatic heterocycles. The minimum atomic E-state index is -2.58. The Kier molecular flexibility index (Phi) is 3.22. The molecule has 0 saturated carbocycles. The second-order valence-corrected chi connectivity index (χ2v) is 3.87. The van der Waals surface area contributed by atoms with E-state index in [1.165, 1.54) is 6.07 Å². The Balaban J connectivity index is 3.21. The van der Waals surface area contributed by atoms with Crippen LogP contribution < -0.4 is 5.73 Å². The first-order valence-corrected chi connectivity index (χ1v) is 4.79. The van der Waals surface area contributed by atoms with Gasteiger partial charge in [0.2, 0.25) is 0 Å². The third kappa shape index (κ3) is 2.03. The Bertz CT molecular complexity index is 283. The topological polar surface area (TPSA) is 38.9 Å². The van der Waals surface area contributed by atoms with Crippen LogP contribution in [0, 0.1) is 3.57 Å². The van der Waals surface area contributed by atoms with Gasteiger partial charge < -0.3 is 5.73 Å². The molecular weight excluding hydrogens is 345 g/mol. The zero-order valence-electron chi connectivity index (χ0n) is 5.69. The van der Waals surface area contributed by atoms with E-state index in [1.807, 2.05) is 22.6 Å². The van der Waals surface area contributed by atoms with Gasteiger partial charge in [0, 0.05) is 5.69 Å². The van der Waals surface area contributed by atoms with Crippen molar-refractivity contribution in [3.63, 3.8) is 0 Å². The summed E-state index contributed by atoms with van der Waals surface area (Å²) >= 11 is 4.96. The molecule has 0 bridgehead atoms. The fraction of sp³-hybridized carbons (Fsp3) is 0.167. The summed E-state index contributed by atoms with van der Waals surface area (Å²) in [6.07, 6.45) is -2.58. The largest absolute Gasteiger partial charge is 0.398 e. The molecule has 0 amide bonds. The quantitative estimate of drug-likeness (QED) is 0.626. The number of nitrogen functional groups attached to an aromatic ring is 1. The minimum absolute atomic E-state index is 0.306. The second-order valence-electron chi connectivity index (χ2n) is 2.04. The van der Waals surface area contributed by atoms with E-state index in [1.54, 1.807) is 0 Å². The lowest BCUT2D eigenvalue weighted by Crippen LogP contribution is -1.98. The highest BCUT2D eigenvalue weighted by Crippen LogP contribution is 2.27. The molecule has 0 aromatic carbocycles. The highest BCUT2D eigenvalue weighted by molar-refractivity contribution is 14.1. The van der Waals surface area contributed by atoms with Crippen LogP contribution in [-0.4, -0.2) is 4.98 Å². The molecule has 0 aliphatic carbocycles. The molecular formula is C6H4BrF2IN2. The fourth-order valence-electron chi connectivity index (χ4n) is 0.648. The molecule has 1 rings (SSSR count). The smallest absolute Gasteiger partial charge is 0.280 e. The third-order valence-electron chi connectivity index (χ3n) is 1.19. The first kappa shape index (κ1) is 10.1. The highest BCUT2D eigenvalue weighted by atomic mass is 127. The van der Waals surface area contributed by atoms with E-state index in [2.05, 4.69) is 20.9 Å². The Labute approximate surface area is 89.8 Å². The lowest BCUT2D eigenvalue weighted by molar-refractivity contribution is 0.146. The van der Waals surface area contributed by atoms with Gasteiger partial charge in [0.25, 0.3) is 6.43 Å². The van der Waals surface area contributed by atoms with Crippen molar-refractivity contribution in [3.8, 4) is 0 Å². The van der Waals surface area contributed by atoms with Gasteiger partial charge in [-0.15, -0.1) is 0 Å². The van der Waals surface area contributed by atoms with Gasteiger partial charge in [0.05, 0.1) is 3.57 Å². The molecule has 0 spiro atoms. The third-order valence-corrected chi connectivity index (χ3v) is 3.64. The van der Waals surface area contributed by atoms with Crippen molar-refractivity contribution in [1.29, 1.82) is 0 Å². The molecule has 0 unspecified atom stereocenters. The average molecular weight is 349 g/mol. The van der Waals surface area contributed by atoms with Crippen LogP contribution in [0.3, 0.4) is 0 Å². The zero-order valence-corrected chi connectivity index (χ0v) is 9.43. The normalized spacial score (nSPS) is 10.8. The van der Waals surface area contributed by atoms with Crippen molar-refractivity contribution >= 4 is 44.2 Å². The summed E-state index contributed by atoms with van der Waals surface area (Å²) in [5.74, 6) is 0. The molecule has 0 radical (unpaired) electrons. The van der Waals surface area contributed by atoms with Crippen LogP contribution >= 0.6 is 38.5 Å². The van der Waals surface area contributed by atoms with Crippen molar-refractivity contribution in [1.82, 2.24) is 4.98 Å². The number of pyridine rings is 1. The SMILES string of the molecule is Nc1cc(C(F)F)nc(Br)c1I. The van der Waals surface area contributed by atoms with Crippen LogP contribution in [0.5, 0.6) is 0 Å². The van der Waals surface area contributed by atoms with Gasteiger partial charge in [-0.3, -0.25) is 0 Å². The Morgan fingerprint density at radius 2 is 2.17 bits per heavy atom. The van der Waals surface area contributed by atoms with Gasteiger partial charge in [-0.1, -0.05) is 0 Å². The van der Waals surface area contributed by atoms with Crippen LogP contribution in [0.2, 0.25) is 0 Å². The van der Waals surface area contributed by atoms with Gasteiger partial charge in [0.15, 0.2) is 0 Å². The molecule has 2 N–H and O–H groups in total. The first-order valence-electron chi connectivity index (χ1n) is 2.92. The lowest BCUT2D eigenvalue weighted by Gasteiger charge is -2.04. The predicted octanol–water partition coefficient (Wildman–Crippen LogP) is 2.97. The van der Waals surface area contributed by atoms with Crippen LogP contribution in [0.4, 0.5) is 14.5 Å². The molecule has 0 aliphatic rings. The van der Waals surface area contributed by atoms with E-state index in [9.17, 15) is 8.78 Å². The lowest BCUT2D eigenvalue weighted by atomic mass is 10.3. The highest BCUT2D eigenvalue weighted by Gasteiger charge is 2.12. The van der Waals surface area contributed by atoms with Gasteiger partial charge in [-0.25, -0.2) is 13.8 Å². The Morgan fingerprint density at radius 3 is 2.58 bits per heavy atom. The molecule has 6 heteroatoms. The van der Waals surface area contributed by atoms with E-state index in [0.29, 0.717) is 13.9 Å². The number of rotatable bonds is 1. The van der Waals surface area contributed by atoms with Crippen molar-refractivity contribution < 1.29 is 8.78 Å². The van der Waals surface area contributed by atoms with Crippen LogP contribution in [-0.2, 0) is 0 Å². The number of nitrogens with two attached hydrogens (primary N) is 1. The maximum absolute atomic E-state index is 12.1. The van der Waals surface area contributed by atoms with Crippen molar-refractivity contribution in [3.05, 3.63) is 19.9 Å². The van der Waals surface area contributed by atoms with Crippen LogP contribution in [0.1, 0.15) is 12.1 Å². The maximum Gasteiger partial charge on any atom is 0.280 e. The van der Waals surface area contributed by atoms with E-state index in [-0.39, 0.29) is 5.69 Å². The zero-order chi connectivity index (χ0) is 9.30. The summed E-state index contributed by atoms with van der Waals surface area (Å²) in [6, 6.07) is 1.18. The van der Waals surface area contributed by atoms with Gasteiger partial charge >= 0.3 is 0 Å². The number of aromatic nitrogens is 1. The number of alkyl halides is 2. The van der Waals surface area contributed by atoms with Crippen LogP contribution in [0.25, 0.3) is 0 Å². The fourth-order valence-corrected chi connectivity index (χ4v) is 1.36. The van der Waals surface area contributed by atoms with E-state index in [4.69, 9.17) is 5.73 Å². The van der Waals surface area contributed by atoms with E-state index >= 15 is 0 Å². The summed E-state index contributed by atoms with van der Waals surface area (Å²) < 4.78 is 25.2. The monoisotopic (exact) mass is 348 g/mol. The van der Waals surface area contributed by atoms with Crippen molar-refractivity contribution in [2.24, 2.45) is 0 Å². The molecule has 2 nitrogen and oxygen atoms in total. The molecule has 1 heterocycles. The summed E-state index contributed by atoms with van der Waals surface area (Å²) in [5, 5.41) is 0. The molecule has 66 valence electrons. The number of hydrogen-bond donors (Lipinski definition) is 1. The predicted molar refractivity (Wildman–Crippen MR) is 54.0 cm³/mol.